The van der Waals surface area contributed by atoms with Gasteiger partial charge in [0.1, 0.15) is 0 Å². The number of anilines is 2. The average molecular weight is 469 g/mol. The molecule has 0 aliphatic heterocycles. The third-order valence-electron chi connectivity index (χ3n) is 4.43. The fourth-order valence-electron chi connectivity index (χ4n) is 2.77. The Kier molecular flexibility index (Phi) is 6.28. The SMILES string of the molecule is CN(c1ccc(C(=O)Nc2ccc(Cl)cc2C(F)(F)F)cc1)S(=O)(=O)c1ccccc1. The van der Waals surface area contributed by atoms with Crippen molar-refractivity contribution < 1.29 is 26.4 Å². The number of rotatable bonds is 5. The summed E-state index contributed by atoms with van der Waals surface area (Å²) in [5, 5.41) is 2.10. The Morgan fingerprint density at radius 3 is 2.16 bits per heavy atom. The second kappa shape index (κ2) is 8.60. The van der Waals surface area contributed by atoms with Gasteiger partial charge in [-0.25, -0.2) is 8.42 Å². The minimum absolute atomic E-state index is 0.0531. The minimum atomic E-state index is -4.70. The highest BCUT2D eigenvalue weighted by Crippen LogP contribution is 2.36. The van der Waals surface area contributed by atoms with E-state index in [0.717, 1.165) is 16.4 Å². The van der Waals surface area contributed by atoms with Crippen LogP contribution in [0.3, 0.4) is 0 Å². The number of carbonyl (C=O) groups excluding carboxylic acids is 1. The summed E-state index contributed by atoms with van der Waals surface area (Å²) >= 11 is 5.64. The third-order valence-corrected chi connectivity index (χ3v) is 6.46. The Labute approximate surface area is 182 Å². The molecule has 0 aromatic heterocycles. The minimum Gasteiger partial charge on any atom is -0.321 e. The summed E-state index contributed by atoms with van der Waals surface area (Å²) in [7, 11) is -2.44. The third kappa shape index (κ3) is 5.00. The predicted octanol–water partition coefficient (Wildman–Crippen LogP) is 5.44. The van der Waals surface area contributed by atoms with Crippen LogP contribution in [0.15, 0.2) is 77.7 Å². The van der Waals surface area contributed by atoms with Gasteiger partial charge in [0.15, 0.2) is 0 Å². The molecule has 0 bridgehead atoms. The Morgan fingerprint density at radius 2 is 1.58 bits per heavy atom. The van der Waals surface area contributed by atoms with E-state index >= 15 is 0 Å². The molecule has 0 saturated carbocycles. The van der Waals surface area contributed by atoms with E-state index in [-0.39, 0.29) is 21.2 Å². The van der Waals surface area contributed by atoms with Crippen molar-refractivity contribution in [2.75, 3.05) is 16.7 Å². The van der Waals surface area contributed by atoms with Gasteiger partial charge >= 0.3 is 6.18 Å². The zero-order chi connectivity index (χ0) is 22.8. The normalized spacial score (nSPS) is 11.8. The van der Waals surface area contributed by atoms with Gasteiger partial charge in [0.25, 0.3) is 15.9 Å². The zero-order valence-electron chi connectivity index (χ0n) is 16.0. The molecule has 3 aromatic carbocycles. The summed E-state index contributed by atoms with van der Waals surface area (Å²) in [5.74, 6) is -0.784. The lowest BCUT2D eigenvalue weighted by atomic mass is 10.1. The zero-order valence-corrected chi connectivity index (χ0v) is 17.6. The van der Waals surface area contributed by atoms with Gasteiger partial charge in [-0.15, -0.1) is 0 Å². The fraction of sp³-hybridized carbons (Fsp3) is 0.0952. The van der Waals surface area contributed by atoms with E-state index < -0.39 is 33.4 Å². The molecule has 10 heteroatoms. The summed E-state index contributed by atoms with van der Waals surface area (Å²) in [6, 6.07) is 16.3. The first-order valence-corrected chi connectivity index (χ1v) is 10.6. The Hall–Kier alpha value is -3.04. The van der Waals surface area contributed by atoms with E-state index in [1.807, 2.05) is 0 Å². The fourth-order valence-corrected chi connectivity index (χ4v) is 4.16. The van der Waals surface area contributed by atoms with Crippen molar-refractivity contribution in [3.8, 4) is 0 Å². The van der Waals surface area contributed by atoms with E-state index in [1.165, 1.54) is 49.5 Å². The molecule has 0 radical (unpaired) electrons. The lowest BCUT2D eigenvalue weighted by molar-refractivity contribution is -0.136. The molecule has 0 saturated heterocycles. The molecule has 0 aliphatic carbocycles. The number of amides is 1. The number of nitrogens with zero attached hydrogens (tertiary/aromatic N) is 1. The monoisotopic (exact) mass is 468 g/mol. The molecule has 0 aliphatic rings. The maximum absolute atomic E-state index is 13.2. The van der Waals surface area contributed by atoms with E-state index in [4.69, 9.17) is 11.6 Å². The molecule has 162 valence electrons. The molecular formula is C21H16ClF3N2O3S. The number of sulfonamides is 1. The molecule has 0 fully saturated rings. The van der Waals surface area contributed by atoms with Gasteiger partial charge in [-0.2, -0.15) is 13.2 Å². The molecule has 0 spiro atoms. The van der Waals surface area contributed by atoms with Gasteiger partial charge < -0.3 is 5.32 Å². The Morgan fingerprint density at radius 1 is 0.968 bits per heavy atom. The van der Waals surface area contributed by atoms with Crippen molar-refractivity contribution in [1.82, 2.24) is 0 Å². The van der Waals surface area contributed by atoms with E-state index in [1.54, 1.807) is 18.2 Å². The van der Waals surface area contributed by atoms with Gasteiger partial charge in [-0.05, 0) is 54.6 Å². The van der Waals surface area contributed by atoms with Crippen molar-refractivity contribution in [2.24, 2.45) is 0 Å². The van der Waals surface area contributed by atoms with Gasteiger partial charge in [0.2, 0.25) is 0 Å². The molecule has 1 N–H and O–H groups in total. The number of alkyl halides is 3. The van der Waals surface area contributed by atoms with Crippen LogP contribution in [0.4, 0.5) is 24.5 Å². The van der Waals surface area contributed by atoms with Gasteiger partial charge in [0.05, 0.1) is 21.8 Å². The maximum atomic E-state index is 13.2. The van der Waals surface area contributed by atoms with Crippen LogP contribution in [0.2, 0.25) is 5.02 Å². The summed E-state index contributed by atoms with van der Waals surface area (Å²) in [6.07, 6.45) is -4.70. The summed E-state index contributed by atoms with van der Waals surface area (Å²) in [5.41, 5.74) is -1.17. The molecule has 31 heavy (non-hydrogen) atoms. The van der Waals surface area contributed by atoms with Crippen LogP contribution in [0.1, 0.15) is 15.9 Å². The number of carbonyl (C=O) groups is 1. The quantitative estimate of drug-likeness (QED) is 0.542. The van der Waals surface area contributed by atoms with Gasteiger partial charge in [0, 0.05) is 17.6 Å². The van der Waals surface area contributed by atoms with Crippen molar-refractivity contribution in [1.29, 1.82) is 0 Å². The van der Waals surface area contributed by atoms with Crippen molar-refractivity contribution in [2.45, 2.75) is 11.1 Å². The lowest BCUT2D eigenvalue weighted by Gasteiger charge is -2.20. The molecule has 3 rings (SSSR count). The predicted molar refractivity (Wildman–Crippen MR) is 113 cm³/mol. The number of hydrogen-bond acceptors (Lipinski definition) is 3. The lowest BCUT2D eigenvalue weighted by Crippen LogP contribution is -2.26. The van der Waals surface area contributed by atoms with Crippen LogP contribution in [0.25, 0.3) is 0 Å². The van der Waals surface area contributed by atoms with Crippen LogP contribution in [0, 0.1) is 0 Å². The molecule has 0 atom stereocenters. The Balaban J connectivity index is 1.82. The second-order valence-corrected chi connectivity index (χ2v) is 8.88. The molecule has 5 nitrogen and oxygen atoms in total. The standard InChI is InChI=1S/C21H16ClF3N2O3S/c1-27(31(29,30)17-5-3-2-4-6-17)16-10-7-14(8-11-16)20(28)26-19-12-9-15(22)13-18(19)21(23,24)25/h2-13H,1H3,(H,26,28). The summed E-state index contributed by atoms with van der Waals surface area (Å²) in [4.78, 5) is 12.5. The molecular weight excluding hydrogens is 453 g/mol. The molecule has 1 amide bonds. The van der Waals surface area contributed by atoms with E-state index in [9.17, 15) is 26.4 Å². The van der Waals surface area contributed by atoms with Crippen molar-refractivity contribution in [3.63, 3.8) is 0 Å². The summed E-state index contributed by atoms with van der Waals surface area (Å²) < 4.78 is 66.0. The van der Waals surface area contributed by atoms with Gasteiger partial charge in [-0.3, -0.25) is 9.10 Å². The van der Waals surface area contributed by atoms with Crippen molar-refractivity contribution in [3.05, 3.63) is 88.9 Å². The largest absolute Gasteiger partial charge is 0.418 e. The Bertz CT molecular complexity index is 1200. The van der Waals surface area contributed by atoms with Crippen LogP contribution < -0.4 is 9.62 Å². The average Bonchev–Trinajstić information content (AvgIpc) is 2.74. The topological polar surface area (TPSA) is 66.5 Å². The van der Waals surface area contributed by atoms with Crippen LogP contribution >= 0.6 is 11.6 Å². The first-order chi connectivity index (χ1) is 14.5. The molecule has 0 unspecified atom stereocenters. The van der Waals surface area contributed by atoms with Crippen LogP contribution in [-0.2, 0) is 16.2 Å². The number of nitrogens with one attached hydrogen (secondary N) is 1. The van der Waals surface area contributed by atoms with Crippen molar-refractivity contribution >= 4 is 38.9 Å². The number of benzene rings is 3. The van der Waals surface area contributed by atoms with E-state index in [0.29, 0.717) is 0 Å². The molecule has 0 heterocycles. The maximum Gasteiger partial charge on any atom is 0.418 e. The second-order valence-electron chi connectivity index (χ2n) is 6.47. The highest BCUT2D eigenvalue weighted by atomic mass is 35.5. The first kappa shape index (κ1) is 22.6. The number of hydrogen-bond donors (Lipinski definition) is 1. The van der Waals surface area contributed by atoms with Gasteiger partial charge in [-0.1, -0.05) is 29.8 Å². The van der Waals surface area contributed by atoms with Crippen LogP contribution in [0.5, 0.6) is 0 Å². The first-order valence-electron chi connectivity index (χ1n) is 8.82. The van der Waals surface area contributed by atoms with Crippen LogP contribution in [-0.4, -0.2) is 21.4 Å². The highest BCUT2D eigenvalue weighted by molar-refractivity contribution is 7.92. The molecule has 3 aromatic rings. The summed E-state index contributed by atoms with van der Waals surface area (Å²) in [6.45, 7) is 0. The smallest absolute Gasteiger partial charge is 0.321 e. The van der Waals surface area contributed by atoms with E-state index in [2.05, 4.69) is 5.32 Å². The highest BCUT2D eigenvalue weighted by Gasteiger charge is 2.34. The number of halogens is 4.